The lowest BCUT2D eigenvalue weighted by atomic mass is 10.2. The quantitative estimate of drug-likeness (QED) is 0.473. The zero-order valence-corrected chi connectivity index (χ0v) is 10.2. The fourth-order valence-corrected chi connectivity index (χ4v) is 1.37. The fraction of sp³-hybridized carbons (Fsp3) is 0.222. The van der Waals surface area contributed by atoms with Gasteiger partial charge in [0.2, 0.25) is 5.91 Å². The zero-order chi connectivity index (χ0) is 12.3. The van der Waals surface area contributed by atoms with Gasteiger partial charge >= 0.3 is 0 Å². The Bertz CT molecular complexity index is 436. The van der Waals surface area contributed by atoms with Crippen LogP contribution >= 0.6 is 15.9 Å². The highest BCUT2D eigenvalue weighted by Crippen LogP contribution is 2.16. The number of nitrogen functional groups attached to an aromatic ring is 1. The van der Waals surface area contributed by atoms with Crippen LogP contribution in [0.2, 0.25) is 0 Å². The van der Waals surface area contributed by atoms with Crippen molar-refractivity contribution in [1.29, 1.82) is 0 Å². The van der Waals surface area contributed by atoms with Crippen LogP contribution in [0, 0.1) is 0 Å². The molecule has 1 heterocycles. The van der Waals surface area contributed by atoms with E-state index in [2.05, 4.69) is 20.9 Å². The molecule has 0 aromatic carbocycles. The summed E-state index contributed by atoms with van der Waals surface area (Å²) in [7, 11) is 0. The van der Waals surface area contributed by atoms with Gasteiger partial charge in [0.25, 0.3) is 5.91 Å². The highest BCUT2D eigenvalue weighted by atomic mass is 79.9. The van der Waals surface area contributed by atoms with E-state index in [4.69, 9.17) is 11.6 Å². The van der Waals surface area contributed by atoms with Crippen LogP contribution in [-0.4, -0.2) is 21.8 Å². The Balaban J connectivity index is 3.05. The van der Waals surface area contributed by atoms with Crippen molar-refractivity contribution >= 4 is 33.6 Å². The Morgan fingerprint density at radius 3 is 2.75 bits per heavy atom. The van der Waals surface area contributed by atoms with Crippen LogP contribution in [-0.2, 0) is 4.79 Å². The number of pyridine rings is 1. The maximum absolute atomic E-state index is 11.8. The molecule has 0 radical (unpaired) electrons. The topological polar surface area (TPSA) is 102 Å². The molecule has 0 aliphatic carbocycles. The first-order valence-corrected chi connectivity index (χ1v) is 5.29. The van der Waals surface area contributed by atoms with Crippen LogP contribution in [0.15, 0.2) is 16.7 Å². The smallest absolute Gasteiger partial charge is 0.278 e. The van der Waals surface area contributed by atoms with E-state index in [-0.39, 0.29) is 17.8 Å². The first-order valence-electron chi connectivity index (χ1n) is 4.50. The largest absolute Gasteiger partial charge is 0.383 e. The van der Waals surface area contributed by atoms with Crippen LogP contribution in [0.5, 0.6) is 0 Å². The number of anilines is 1. The minimum absolute atomic E-state index is 0.0348. The minimum Gasteiger partial charge on any atom is -0.383 e. The second kappa shape index (κ2) is 5.04. The number of halogens is 1. The maximum Gasteiger partial charge on any atom is 0.278 e. The molecule has 0 saturated carbocycles. The summed E-state index contributed by atoms with van der Waals surface area (Å²) in [6.07, 6.45) is 1.60. The fourth-order valence-electron chi connectivity index (χ4n) is 1.03. The second-order valence-electron chi connectivity index (χ2n) is 3.01. The first kappa shape index (κ1) is 12.6. The number of carbonyl (C=O) groups is 2. The molecule has 0 unspecified atom stereocenters. The van der Waals surface area contributed by atoms with Crippen LogP contribution in [0.1, 0.15) is 23.7 Å². The summed E-state index contributed by atoms with van der Waals surface area (Å²) in [6, 6.07) is 1.47. The number of hydrogen-bond donors (Lipinski definition) is 2. The first-order chi connectivity index (χ1) is 7.47. The Labute approximate surface area is 101 Å². The highest BCUT2D eigenvalue weighted by Gasteiger charge is 2.20. The van der Waals surface area contributed by atoms with Gasteiger partial charge in [-0.15, -0.1) is 0 Å². The van der Waals surface area contributed by atoms with E-state index < -0.39 is 11.8 Å². The predicted octanol–water partition coefficient (Wildman–Crippen LogP) is 0.679. The molecule has 16 heavy (non-hydrogen) atoms. The van der Waals surface area contributed by atoms with Crippen molar-refractivity contribution in [3.63, 3.8) is 0 Å². The Morgan fingerprint density at radius 1 is 1.56 bits per heavy atom. The molecule has 0 spiro atoms. The van der Waals surface area contributed by atoms with Crippen LogP contribution in [0.4, 0.5) is 5.82 Å². The van der Waals surface area contributed by atoms with Crippen LogP contribution in [0.3, 0.4) is 0 Å². The molecule has 86 valence electrons. The predicted molar refractivity (Wildman–Crippen MR) is 62.0 cm³/mol. The van der Waals surface area contributed by atoms with E-state index in [1.807, 2.05) is 0 Å². The molecule has 0 bridgehead atoms. The summed E-state index contributed by atoms with van der Waals surface area (Å²) in [5.41, 5.74) is 5.62. The number of hydrogen-bond acceptors (Lipinski definition) is 5. The summed E-state index contributed by atoms with van der Waals surface area (Å²) in [4.78, 5) is 26.8. The molecule has 1 aromatic heterocycles. The number of aromatic nitrogens is 1. The number of rotatable bonds is 2. The molecule has 0 fully saturated rings. The molecule has 7 heteroatoms. The SMILES string of the molecule is CCC(=O)N(N)C(=O)c1cc(Br)cnc1N. The van der Waals surface area contributed by atoms with E-state index in [1.54, 1.807) is 6.92 Å². The lowest BCUT2D eigenvalue weighted by molar-refractivity contribution is -0.128. The van der Waals surface area contributed by atoms with Gasteiger partial charge in [-0.2, -0.15) is 0 Å². The third-order valence-corrected chi connectivity index (χ3v) is 2.34. The number of nitrogens with zero attached hydrogens (tertiary/aromatic N) is 2. The maximum atomic E-state index is 11.8. The van der Waals surface area contributed by atoms with Gasteiger partial charge in [-0.3, -0.25) is 9.59 Å². The van der Waals surface area contributed by atoms with Crippen LogP contribution in [0.25, 0.3) is 0 Å². The van der Waals surface area contributed by atoms with Gasteiger partial charge < -0.3 is 5.73 Å². The number of carbonyl (C=O) groups excluding carboxylic acids is 2. The molecular weight excluding hydrogens is 276 g/mol. The van der Waals surface area contributed by atoms with Crippen molar-refractivity contribution < 1.29 is 9.59 Å². The molecule has 1 aromatic rings. The van der Waals surface area contributed by atoms with E-state index in [0.29, 0.717) is 9.48 Å². The molecule has 0 saturated heterocycles. The van der Waals surface area contributed by atoms with Crippen molar-refractivity contribution in [3.8, 4) is 0 Å². The normalized spacial score (nSPS) is 9.94. The Hall–Kier alpha value is -1.47. The van der Waals surface area contributed by atoms with Gasteiger partial charge in [-0.05, 0) is 22.0 Å². The van der Waals surface area contributed by atoms with Gasteiger partial charge in [0.05, 0.1) is 5.56 Å². The number of imide groups is 1. The summed E-state index contributed by atoms with van der Waals surface area (Å²) < 4.78 is 0.586. The van der Waals surface area contributed by atoms with E-state index in [1.165, 1.54) is 12.3 Å². The lowest BCUT2D eigenvalue weighted by Gasteiger charge is -2.14. The standard InChI is InChI=1S/C9H11BrN4O2/c1-2-7(15)14(12)9(16)6-3-5(10)4-13-8(6)11/h3-4H,2,12H2,1H3,(H2,11,13). The van der Waals surface area contributed by atoms with E-state index >= 15 is 0 Å². The molecule has 0 aliphatic rings. The van der Waals surface area contributed by atoms with Gasteiger partial charge in [-0.1, -0.05) is 6.92 Å². The van der Waals surface area contributed by atoms with E-state index in [9.17, 15) is 9.59 Å². The second-order valence-corrected chi connectivity index (χ2v) is 3.92. The van der Waals surface area contributed by atoms with Crippen molar-refractivity contribution in [1.82, 2.24) is 9.99 Å². The van der Waals surface area contributed by atoms with Crippen molar-refractivity contribution in [2.24, 2.45) is 5.84 Å². The van der Waals surface area contributed by atoms with Crippen LogP contribution < -0.4 is 11.6 Å². The molecular formula is C9H11BrN4O2. The third kappa shape index (κ3) is 2.56. The van der Waals surface area contributed by atoms with Gasteiger partial charge in [-0.25, -0.2) is 15.8 Å². The van der Waals surface area contributed by atoms with E-state index in [0.717, 1.165) is 0 Å². The third-order valence-electron chi connectivity index (χ3n) is 1.91. The summed E-state index contributed by atoms with van der Waals surface area (Å²) in [6.45, 7) is 1.61. The molecule has 0 aliphatic heterocycles. The number of amides is 2. The summed E-state index contributed by atoms with van der Waals surface area (Å²) in [5, 5.41) is 0.541. The molecule has 6 nitrogen and oxygen atoms in total. The van der Waals surface area contributed by atoms with Gasteiger partial charge in [0.1, 0.15) is 5.82 Å². The zero-order valence-electron chi connectivity index (χ0n) is 8.61. The molecule has 1 rings (SSSR count). The lowest BCUT2D eigenvalue weighted by Crippen LogP contribution is -2.42. The average molecular weight is 287 g/mol. The minimum atomic E-state index is -0.668. The average Bonchev–Trinajstić information content (AvgIpc) is 2.29. The summed E-state index contributed by atoms with van der Waals surface area (Å²) >= 11 is 3.15. The monoisotopic (exact) mass is 286 g/mol. The van der Waals surface area contributed by atoms with Crippen molar-refractivity contribution in [2.45, 2.75) is 13.3 Å². The molecule has 0 atom stereocenters. The number of hydrazine groups is 1. The summed E-state index contributed by atoms with van der Waals surface area (Å²) in [5.74, 6) is 4.24. The van der Waals surface area contributed by atoms with Gasteiger partial charge in [0, 0.05) is 17.1 Å². The van der Waals surface area contributed by atoms with Crippen molar-refractivity contribution in [3.05, 3.63) is 22.3 Å². The highest BCUT2D eigenvalue weighted by molar-refractivity contribution is 9.10. The molecule has 4 N–H and O–H groups in total. The number of nitrogens with two attached hydrogens (primary N) is 2. The van der Waals surface area contributed by atoms with Crippen molar-refractivity contribution in [2.75, 3.05) is 5.73 Å². The molecule has 2 amide bonds. The Morgan fingerprint density at radius 2 is 2.19 bits per heavy atom. The Kier molecular flexibility index (Phi) is 3.97. The van der Waals surface area contributed by atoms with Gasteiger partial charge in [0.15, 0.2) is 0 Å².